The van der Waals surface area contributed by atoms with Gasteiger partial charge in [-0.05, 0) is 6.92 Å². The summed E-state index contributed by atoms with van der Waals surface area (Å²) in [5, 5.41) is 7.86. The van der Waals surface area contributed by atoms with Crippen LogP contribution in [0.25, 0.3) is 11.4 Å². The van der Waals surface area contributed by atoms with Gasteiger partial charge in [0, 0.05) is 19.7 Å². The highest BCUT2D eigenvalue weighted by Gasteiger charge is 2.07. The van der Waals surface area contributed by atoms with Crippen molar-refractivity contribution in [3.05, 3.63) is 22.7 Å². The van der Waals surface area contributed by atoms with Gasteiger partial charge in [-0.3, -0.25) is 0 Å². The van der Waals surface area contributed by atoms with Crippen LogP contribution in [0.3, 0.4) is 0 Å². The summed E-state index contributed by atoms with van der Waals surface area (Å²) < 4.78 is 7.35. The Labute approximate surface area is 104 Å². The van der Waals surface area contributed by atoms with E-state index in [1.165, 1.54) is 0 Å². The van der Waals surface area contributed by atoms with E-state index in [0.717, 1.165) is 17.9 Å². The van der Waals surface area contributed by atoms with Crippen molar-refractivity contribution >= 4 is 12.2 Å². The molecule has 0 atom stereocenters. The van der Waals surface area contributed by atoms with Gasteiger partial charge in [-0.15, -0.1) is 5.10 Å². The number of hydrogen-bond donors (Lipinski definition) is 1. The van der Waals surface area contributed by atoms with Crippen LogP contribution in [-0.4, -0.2) is 32.1 Å². The van der Waals surface area contributed by atoms with Gasteiger partial charge in [-0.1, -0.05) is 17.4 Å². The van der Waals surface area contributed by atoms with Crippen molar-refractivity contribution in [1.29, 1.82) is 0 Å². The zero-order valence-electron chi connectivity index (χ0n) is 9.67. The van der Waals surface area contributed by atoms with Crippen LogP contribution in [0.1, 0.15) is 12.7 Å². The lowest BCUT2D eigenvalue weighted by Gasteiger charge is -2.06. The van der Waals surface area contributed by atoms with Gasteiger partial charge in [0.05, 0.1) is 11.9 Å². The van der Waals surface area contributed by atoms with E-state index in [1.54, 1.807) is 24.1 Å². The van der Waals surface area contributed by atoms with Crippen molar-refractivity contribution in [2.24, 2.45) is 0 Å². The molecule has 0 amide bonds. The summed E-state index contributed by atoms with van der Waals surface area (Å²) in [4.78, 5) is 7.33. The molecular weight excluding hydrogens is 238 g/mol. The minimum atomic E-state index is 0.394. The number of nitrogens with one attached hydrogen (secondary N) is 1. The van der Waals surface area contributed by atoms with Crippen LogP contribution >= 0.6 is 12.2 Å². The highest BCUT2D eigenvalue weighted by atomic mass is 32.1. The number of ether oxygens (including phenoxy) is 1. The second-order valence-corrected chi connectivity index (χ2v) is 3.87. The van der Waals surface area contributed by atoms with Gasteiger partial charge in [-0.2, -0.15) is 0 Å². The third-order valence-corrected chi connectivity index (χ3v) is 2.48. The molecule has 0 aliphatic rings. The lowest BCUT2D eigenvalue weighted by Crippen LogP contribution is -2.03. The fourth-order valence-electron chi connectivity index (χ4n) is 1.55. The van der Waals surface area contributed by atoms with Crippen LogP contribution in [0, 0.1) is 4.64 Å². The van der Waals surface area contributed by atoms with Crippen molar-refractivity contribution in [1.82, 2.24) is 25.0 Å². The summed E-state index contributed by atoms with van der Waals surface area (Å²) in [7, 11) is 1.61. The summed E-state index contributed by atoms with van der Waals surface area (Å²) in [5.41, 5.74) is 1.74. The first-order chi connectivity index (χ1) is 8.24. The van der Waals surface area contributed by atoms with E-state index < -0.39 is 0 Å². The molecule has 6 nitrogen and oxygen atoms in total. The van der Waals surface area contributed by atoms with E-state index in [1.807, 2.05) is 6.92 Å². The normalized spacial score (nSPS) is 10.7. The highest BCUT2D eigenvalue weighted by molar-refractivity contribution is 7.71. The maximum absolute atomic E-state index is 5.12. The van der Waals surface area contributed by atoms with Crippen molar-refractivity contribution in [3.63, 3.8) is 0 Å². The smallest absolute Gasteiger partial charge is 0.134 e. The zero-order chi connectivity index (χ0) is 12.3. The van der Waals surface area contributed by atoms with Crippen LogP contribution in [0.15, 0.2) is 12.3 Å². The third kappa shape index (κ3) is 2.56. The maximum atomic E-state index is 5.12. The number of hydrogen-bond acceptors (Lipinski definition) is 5. The molecule has 0 unspecified atom stereocenters. The molecule has 90 valence electrons. The summed E-state index contributed by atoms with van der Waals surface area (Å²) in [5.74, 6) is 0.693. The Morgan fingerprint density at radius 2 is 2.35 bits per heavy atom. The number of methoxy groups -OCH3 is 1. The predicted octanol–water partition coefficient (Wildman–Crippen LogP) is 1.56. The van der Waals surface area contributed by atoms with Gasteiger partial charge in [0.2, 0.25) is 0 Å². The van der Waals surface area contributed by atoms with Crippen LogP contribution in [0.2, 0.25) is 0 Å². The molecule has 0 radical (unpaired) electrons. The molecule has 0 aliphatic carbocycles. The molecule has 0 bridgehead atoms. The molecule has 0 aliphatic heterocycles. The fourth-order valence-corrected chi connectivity index (χ4v) is 1.78. The monoisotopic (exact) mass is 251 g/mol. The first-order valence-electron chi connectivity index (χ1n) is 5.22. The van der Waals surface area contributed by atoms with Gasteiger partial charge >= 0.3 is 0 Å². The average Bonchev–Trinajstić information content (AvgIpc) is 2.76. The molecule has 2 aromatic heterocycles. The van der Waals surface area contributed by atoms with Crippen molar-refractivity contribution in [3.8, 4) is 11.4 Å². The minimum Gasteiger partial charge on any atom is -0.377 e. The Bertz CT molecular complexity index is 562. The quantitative estimate of drug-likeness (QED) is 0.835. The van der Waals surface area contributed by atoms with Crippen LogP contribution in [-0.2, 0) is 17.9 Å². The molecule has 0 fully saturated rings. The van der Waals surface area contributed by atoms with Crippen molar-refractivity contribution in [2.75, 3.05) is 7.11 Å². The van der Waals surface area contributed by atoms with Crippen molar-refractivity contribution < 1.29 is 4.74 Å². The Morgan fingerprint density at radius 3 is 3.06 bits per heavy atom. The molecule has 17 heavy (non-hydrogen) atoms. The topological polar surface area (TPSA) is 68.6 Å². The standard InChI is InChI=1S/C10H13N5OS/c1-3-15-8(5-11-14-15)7-4-10(17)13-9(12-7)6-16-2/h4-5H,3,6H2,1-2H3,(H,12,13,17). The number of nitrogens with zero attached hydrogens (tertiary/aromatic N) is 4. The second kappa shape index (κ2) is 5.15. The molecule has 2 aromatic rings. The molecular formula is C10H13N5OS. The largest absolute Gasteiger partial charge is 0.377 e. The molecule has 1 N–H and O–H groups in total. The first-order valence-corrected chi connectivity index (χ1v) is 5.63. The van der Waals surface area contributed by atoms with Gasteiger partial charge < -0.3 is 9.72 Å². The van der Waals surface area contributed by atoms with E-state index in [4.69, 9.17) is 17.0 Å². The number of aryl methyl sites for hydroxylation is 1. The van der Waals surface area contributed by atoms with E-state index in [-0.39, 0.29) is 0 Å². The first kappa shape index (κ1) is 11.9. The fraction of sp³-hybridized carbons (Fsp3) is 0.400. The zero-order valence-corrected chi connectivity index (χ0v) is 10.5. The van der Waals surface area contributed by atoms with Gasteiger partial charge in [-0.25, -0.2) is 9.67 Å². The summed E-state index contributed by atoms with van der Waals surface area (Å²) in [6.07, 6.45) is 1.70. The minimum absolute atomic E-state index is 0.394. The average molecular weight is 251 g/mol. The molecule has 0 spiro atoms. The van der Waals surface area contributed by atoms with Crippen LogP contribution in [0.5, 0.6) is 0 Å². The lowest BCUT2D eigenvalue weighted by molar-refractivity contribution is 0.177. The van der Waals surface area contributed by atoms with Gasteiger partial charge in [0.25, 0.3) is 0 Å². The summed E-state index contributed by atoms with van der Waals surface area (Å²) >= 11 is 5.12. The lowest BCUT2D eigenvalue weighted by atomic mass is 10.3. The van der Waals surface area contributed by atoms with E-state index >= 15 is 0 Å². The SMILES string of the molecule is CCn1nncc1-c1cc(=S)nc(COC)[nH]1. The molecule has 2 rings (SSSR count). The number of aromatic nitrogens is 5. The van der Waals surface area contributed by atoms with E-state index in [9.17, 15) is 0 Å². The van der Waals surface area contributed by atoms with Gasteiger partial charge in [0.15, 0.2) is 0 Å². The van der Waals surface area contributed by atoms with Crippen LogP contribution in [0.4, 0.5) is 0 Å². The third-order valence-electron chi connectivity index (χ3n) is 2.27. The number of H-pyrrole nitrogens is 1. The second-order valence-electron chi connectivity index (χ2n) is 3.45. The molecule has 7 heteroatoms. The van der Waals surface area contributed by atoms with Crippen LogP contribution < -0.4 is 0 Å². The number of rotatable bonds is 4. The Kier molecular flexibility index (Phi) is 3.60. The molecule has 0 saturated heterocycles. The predicted molar refractivity (Wildman–Crippen MR) is 64.8 cm³/mol. The number of aromatic amines is 1. The van der Waals surface area contributed by atoms with E-state index in [2.05, 4.69) is 20.3 Å². The summed E-state index contributed by atoms with van der Waals surface area (Å²) in [6.45, 7) is 3.15. The molecule has 0 saturated carbocycles. The Balaban J connectivity index is 2.48. The molecule has 2 heterocycles. The maximum Gasteiger partial charge on any atom is 0.134 e. The van der Waals surface area contributed by atoms with Gasteiger partial charge in [0.1, 0.15) is 22.8 Å². The molecule has 0 aromatic carbocycles. The van der Waals surface area contributed by atoms with E-state index in [0.29, 0.717) is 17.1 Å². The Morgan fingerprint density at radius 1 is 1.53 bits per heavy atom. The Hall–Kier alpha value is -1.60. The highest BCUT2D eigenvalue weighted by Crippen LogP contribution is 2.15. The van der Waals surface area contributed by atoms with Crippen molar-refractivity contribution in [2.45, 2.75) is 20.1 Å². The summed E-state index contributed by atoms with van der Waals surface area (Å²) in [6, 6.07) is 1.79.